The SMILES string of the molecule is NC(=O)Nc1cccc(NC(=O)CCc2nc(-c3ccco3)no2)c1. The Labute approximate surface area is 142 Å². The van der Waals surface area contributed by atoms with Gasteiger partial charge in [0.1, 0.15) is 0 Å². The van der Waals surface area contributed by atoms with E-state index in [1.54, 1.807) is 36.4 Å². The number of amides is 3. The molecule has 25 heavy (non-hydrogen) atoms. The topological polar surface area (TPSA) is 136 Å². The van der Waals surface area contributed by atoms with E-state index in [1.165, 1.54) is 6.26 Å². The molecule has 0 aliphatic carbocycles. The van der Waals surface area contributed by atoms with Crippen LogP contribution >= 0.6 is 0 Å². The standard InChI is InChI=1S/C16H15N5O4/c17-16(23)19-11-4-1-3-10(9-11)18-13(22)6-7-14-20-15(21-25-14)12-5-2-8-24-12/h1-5,8-9H,6-7H2,(H,18,22)(H3,17,19,23). The van der Waals surface area contributed by atoms with Crippen LogP contribution in [0.4, 0.5) is 16.2 Å². The summed E-state index contributed by atoms with van der Waals surface area (Å²) < 4.78 is 10.3. The van der Waals surface area contributed by atoms with Crippen LogP contribution in [0.3, 0.4) is 0 Å². The van der Waals surface area contributed by atoms with E-state index in [0.29, 0.717) is 35.3 Å². The molecule has 0 radical (unpaired) electrons. The molecule has 0 aliphatic rings. The van der Waals surface area contributed by atoms with Gasteiger partial charge >= 0.3 is 6.03 Å². The molecule has 0 atom stereocenters. The van der Waals surface area contributed by atoms with E-state index in [-0.39, 0.29) is 12.3 Å². The summed E-state index contributed by atoms with van der Waals surface area (Å²) in [5.74, 6) is 0.948. The first kappa shape index (κ1) is 16.2. The number of carbonyl (C=O) groups is 2. The number of furan rings is 1. The second-order valence-corrected chi connectivity index (χ2v) is 5.11. The smallest absolute Gasteiger partial charge is 0.316 e. The summed E-state index contributed by atoms with van der Waals surface area (Å²) >= 11 is 0. The van der Waals surface area contributed by atoms with Crippen LogP contribution < -0.4 is 16.4 Å². The molecule has 9 nitrogen and oxygen atoms in total. The molecule has 9 heteroatoms. The summed E-state index contributed by atoms with van der Waals surface area (Å²) in [6.07, 6.45) is 1.96. The van der Waals surface area contributed by atoms with Gasteiger partial charge in [0, 0.05) is 24.2 Å². The Hall–Kier alpha value is -3.62. The number of rotatable bonds is 6. The molecule has 0 spiro atoms. The van der Waals surface area contributed by atoms with E-state index in [2.05, 4.69) is 20.8 Å². The summed E-state index contributed by atoms with van der Waals surface area (Å²) in [5.41, 5.74) is 6.09. The van der Waals surface area contributed by atoms with Gasteiger partial charge in [-0.05, 0) is 30.3 Å². The first-order chi connectivity index (χ1) is 12.1. The van der Waals surface area contributed by atoms with Crippen LogP contribution in [0, 0.1) is 0 Å². The Balaban J connectivity index is 1.54. The average Bonchev–Trinajstić information content (AvgIpc) is 3.24. The number of anilines is 2. The summed E-state index contributed by atoms with van der Waals surface area (Å²) in [6, 6.07) is 9.42. The van der Waals surface area contributed by atoms with Gasteiger partial charge in [0.15, 0.2) is 5.76 Å². The van der Waals surface area contributed by atoms with Crippen LogP contribution in [0.1, 0.15) is 12.3 Å². The number of hydrogen-bond donors (Lipinski definition) is 3. The Bertz CT molecular complexity index is 872. The molecule has 0 saturated heterocycles. The molecule has 3 amide bonds. The van der Waals surface area contributed by atoms with Gasteiger partial charge < -0.3 is 25.3 Å². The number of nitrogens with one attached hydrogen (secondary N) is 2. The zero-order valence-corrected chi connectivity index (χ0v) is 13.1. The number of aromatic nitrogens is 2. The first-order valence-corrected chi connectivity index (χ1v) is 7.43. The second-order valence-electron chi connectivity index (χ2n) is 5.11. The summed E-state index contributed by atoms with van der Waals surface area (Å²) in [5, 5.41) is 8.95. The predicted octanol–water partition coefficient (Wildman–Crippen LogP) is 2.39. The van der Waals surface area contributed by atoms with Crippen molar-refractivity contribution in [1.82, 2.24) is 10.1 Å². The fourth-order valence-corrected chi connectivity index (χ4v) is 2.12. The molecule has 0 saturated carbocycles. The van der Waals surface area contributed by atoms with Crippen molar-refractivity contribution in [1.29, 1.82) is 0 Å². The number of carbonyl (C=O) groups excluding carboxylic acids is 2. The number of urea groups is 1. The van der Waals surface area contributed by atoms with Crippen LogP contribution in [0.25, 0.3) is 11.6 Å². The minimum Gasteiger partial charge on any atom is -0.461 e. The molecule has 2 aromatic heterocycles. The van der Waals surface area contributed by atoms with E-state index >= 15 is 0 Å². The second kappa shape index (κ2) is 7.30. The van der Waals surface area contributed by atoms with E-state index in [0.717, 1.165) is 0 Å². The highest BCUT2D eigenvalue weighted by Crippen LogP contribution is 2.17. The maximum Gasteiger partial charge on any atom is 0.316 e. The maximum absolute atomic E-state index is 12.0. The monoisotopic (exact) mass is 341 g/mol. The molecular weight excluding hydrogens is 326 g/mol. The molecule has 3 rings (SSSR count). The zero-order chi connectivity index (χ0) is 17.6. The largest absolute Gasteiger partial charge is 0.461 e. The van der Waals surface area contributed by atoms with Crippen molar-refractivity contribution < 1.29 is 18.5 Å². The lowest BCUT2D eigenvalue weighted by molar-refractivity contribution is -0.116. The Morgan fingerprint density at radius 3 is 2.64 bits per heavy atom. The quantitative estimate of drug-likeness (QED) is 0.629. The van der Waals surface area contributed by atoms with Gasteiger partial charge in [0.2, 0.25) is 17.6 Å². The molecule has 0 aliphatic heterocycles. The third kappa shape index (κ3) is 4.44. The number of nitrogens with zero attached hydrogens (tertiary/aromatic N) is 2. The minimum absolute atomic E-state index is 0.160. The number of primary amides is 1. The molecule has 128 valence electrons. The highest BCUT2D eigenvalue weighted by atomic mass is 16.5. The van der Waals surface area contributed by atoms with Crippen LogP contribution in [-0.2, 0) is 11.2 Å². The molecule has 2 heterocycles. The summed E-state index contributed by atoms with van der Waals surface area (Å²) in [7, 11) is 0. The number of hydrogen-bond acceptors (Lipinski definition) is 6. The third-order valence-electron chi connectivity index (χ3n) is 3.19. The Kier molecular flexibility index (Phi) is 4.74. The molecule has 3 aromatic rings. The van der Waals surface area contributed by atoms with Crippen LogP contribution in [0.5, 0.6) is 0 Å². The van der Waals surface area contributed by atoms with E-state index in [9.17, 15) is 9.59 Å². The first-order valence-electron chi connectivity index (χ1n) is 7.43. The highest BCUT2D eigenvalue weighted by molar-refractivity contribution is 5.93. The number of aryl methyl sites for hydroxylation is 1. The van der Waals surface area contributed by atoms with E-state index in [1.807, 2.05) is 0 Å². The Morgan fingerprint density at radius 1 is 1.12 bits per heavy atom. The lowest BCUT2D eigenvalue weighted by Gasteiger charge is -2.07. The van der Waals surface area contributed by atoms with Crippen molar-refractivity contribution in [2.24, 2.45) is 5.73 Å². The van der Waals surface area contributed by atoms with Crippen LogP contribution in [-0.4, -0.2) is 22.1 Å². The zero-order valence-electron chi connectivity index (χ0n) is 13.1. The fourth-order valence-electron chi connectivity index (χ4n) is 2.12. The molecule has 0 fully saturated rings. The van der Waals surface area contributed by atoms with Gasteiger partial charge in [0.25, 0.3) is 0 Å². The average molecular weight is 341 g/mol. The molecule has 1 aromatic carbocycles. The lowest BCUT2D eigenvalue weighted by atomic mass is 10.2. The van der Waals surface area contributed by atoms with Crippen molar-refractivity contribution in [3.8, 4) is 11.6 Å². The fraction of sp³-hybridized carbons (Fsp3) is 0.125. The normalized spacial score (nSPS) is 10.4. The van der Waals surface area contributed by atoms with Gasteiger partial charge in [-0.3, -0.25) is 4.79 Å². The van der Waals surface area contributed by atoms with Gasteiger partial charge in [-0.1, -0.05) is 11.2 Å². The lowest BCUT2D eigenvalue weighted by Crippen LogP contribution is -2.19. The van der Waals surface area contributed by atoms with Crippen molar-refractivity contribution in [3.05, 3.63) is 48.6 Å². The van der Waals surface area contributed by atoms with Gasteiger partial charge in [-0.25, -0.2) is 4.79 Å². The summed E-state index contributed by atoms with van der Waals surface area (Å²) in [4.78, 5) is 27.0. The van der Waals surface area contributed by atoms with Crippen molar-refractivity contribution in [2.45, 2.75) is 12.8 Å². The molecular formula is C16H15N5O4. The summed E-state index contributed by atoms with van der Waals surface area (Å²) in [6.45, 7) is 0. The predicted molar refractivity (Wildman–Crippen MR) is 88.6 cm³/mol. The van der Waals surface area contributed by atoms with Crippen LogP contribution in [0.15, 0.2) is 51.6 Å². The number of benzene rings is 1. The maximum atomic E-state index is 12.0. The van der Waals surface area contributed by atoms with Crippen LogP contribution in [0.2, 0.25) is 0 Å². The van der Waals surface area contributed by atoms with Gasteiger partial charge in [-0.15, -0.1) is 0 Å². The molecule has 0 unspecified atom stereocenters. The highest BCUT2D eigenvalue weighted by Gasteiger charge is 2.12. The molecule has 0 bridgehead atoms. The van der Waals surface area contributed by atoms with Gasteiger partial charge in [-0.2, -0.15) is 4.98 Å². The van der Waals surface area contributed by atoms with E-state index < -0.39 is 6.03 Å². The Morgan fingerprint density at radius 2 is 1.92 bits per heavy atom. The van der Waals surface area contributed by atoms with Gasteiger partial charge in [0.05, 0.1) is 6.26 Å². The number of nitrogens with two attached hydrogens (primary N) is 1. The molecule has 4 N–H and O–H groups in total. The van der Waals surface area contributed by atoms with Crippen molar-refractivity contribution >= 4 is 23.3 Å². The van der Waals surface area contributed by atoms with E-state index in [4.69, 9.17) is 14.7 Å². The third-order valence-corrected chi connectivity index (χ3v) is 3.19. The van der Waals surface area contributed by atoms with Crippen molar-refractivity contribution in [3.63, 3.8) is 0 Å². The van der Waals surface area contributed by atoms with Crippen molar-refractivity contribution in [2.75, 3.05) is 10.6 Å². The minimum atomic E-state index is -0.674.